The molecule has 1 aliphatic rings. The Labute approximate surface area is 121 Å². The number of carbonyl (C=O) groups is 1. The number of benzene rings is 1. The van der Waals surface area contributed by atoms with Gasteiger partial charge in [-0.05, 0) is 43.9 Å². The summed E-state index contributed by atoms with van der Waals surface area (Å²) in [6.45, 7) is 1.64. The van der Waals surface area contributed by atoms with E-state index in [1.54, 1.807) is 6.92 Å². The molecule has 0 bridgehead atoms. The highest BCUT2D eigenvalue weighted by molar-refractivity contribution is 5.99. The number of carbonyl (C=O) groups excluding carboxylic acids is 1. The third-order valence-electron chi connectivity index (χ3n) is 3.51. The number of hydrogen-bond donors (Lipinski definition) is 2. The van der Waals surface area contributed by atoms with Gasteiger partial charge in [-0.25, -0.2) is 0 Å². The van der Waals surface area contributed by atoms with Crippen LogP contribution in [-0.4, -0.2) is 11.4 Å². The fraction of sp³-hybridized carbons (Fsp3) is 0.462. The molecule has 7 heteroatoms. The molecule has 0 unspecified atom stereocenters. The van der Waals surface area contributed by atoms with E-state index in [4.69, 9.17) is 5.73 Å². The molecule has 0 aromatic heterocycles. The van der Waals surface area contributed by atoms with Crippen LogP contribution >= 0.6 is 12.4 Å². The van der Waals surface area contributed by atoms with Crippen LogP contribution < -0.4 is 11.1 Å². The Kier molecular flexibility index (Phi) is 4.71. The molecule has 1 fully saturated rings. The first-order chi connectivity index (χ1) is 8.72. The lowest BCUT2D eigenvalue weighted by atomic mass is 9.77. The normalized spacial score (nSPS) is 16.9. The van der Waals surface area contributed by atoms with E-state index in [-0.39, 0.29) is 18.1 Å². The minimum Gasteiger partial charge on any atom is -0.324 e. The summed E-state index contributed by atoms with van der Waals surface area (Å²) in [6.07, 6.45) is -2.43. The monoisotopic (exact) mass is 308 g/mol. The molecule has 1 amide bonds. The van der Waals surface area contributed by atoms with Crippen LogP contribution in [0.4, 0.5) is 18.9 Å². The van der Waals surface area contributed by atoms with Gasteiger partial charge >= 0.3 is 6.18 Å². The van der Waals surface area contributed by atoms with E-state index in [2.05, 4.69) is 5.32 Å². The van der Waals surface area contributed by atoms with E-state index < -0.39 is 23.2 Å². The quantitative estimate of drug-likeness (QED) is 0.881. The van der Waals surface area contributed by atoms with Crippen molar-refractivity contribution in [2.45, 2.75) is 37.9 Å². The van der Waals surface area contributed by atoms with Gasteiger partial charge in [-0.1, -0.05) is 6.07 Å². The Bertz CT molecular complexity index is 513. The molecule has 0 saturated heterocycles. The summed E-state index contributed by atoms with van der Waals surface area (Å²) in [5, 5.41) is 2.50. The number of halogens is 4. The second-order valence-corrected chi connectivity index (χ2v) is 4.99. The SMILES string of the molecule is Cc1ccc(C(F)(F)F)cc1NC(=O)C1(N)CCC1.Cl. The van der Waals surface area contributed by atoms with E-state index in [0.717, 1.165) is 18.6 Å². The number of hydrogen-bond acceptors (Lipinski definition) is 2. The van der Waals surface area contributed by atoms with E-state index in [1.165, 1.54) is 6.07 Å². The van der Waals surface area contributed by atoms with Gasteiger partial charge in [0.05, 0.1) is 11.1 Å². The molecule has 0 spiro atoms. The van der Waals surface area contributed by atoms with Gasteiger partial charge in [0.1, 0.15) is 0 Å². The van der Waals surface area contributed by atoms with Crippen molar-refractivity contribution in [2.24, 2.45) is 5.73 Å². The van der Waals surface area contributed by atoms with Crippen LogP contribution in [0.25, 0.3) is 0 Å². The molecule has 0 heterocycles. The lowest BCUT2D eigenvalue weighted by Crippen LogP contribution is -2.56. The fourth-order valence-electron chi connectivity index (χ4n) is 1.96. The highest BCUT2D eigenvalue weighted by Gasteiger charge is 2.40. The van der Waals surface area contributed by atoms with Crippen LogP contribution in [-0.2, 0) is 11.0 Å². The van der Waals surface area contributed by atoms with Crippen molar-refractivity contribution < 1.29 is 18.0 Å². The zero-order valence-electron chi connectivity index (χ0n) is 10.9. The van der Waals surface area contributed by atoms with Gasteiger partial charge < -0.3 is 11.1 Å². The molecule has 2 rings (SSSR count). The number of nitrogens with one attached hydrogen (secondary N) is 1. The largest absolute Gasteiger partial charge is 0.416 e. The maximum Gasteiger partial charge on any atom is 0.416 e. The molecular formula is C13H16ClF3N2O. The number of alkyl halides is 3. The molecule has 0 atom stereocenters. The van der Waals surface area contributed by atoms with Gasteiger partial charge in [-0.2, -0.15) is 13.2 Å². The van der Waals surface area contributed by atoms with E-state index in [0.29, 0.717) is 18.4 Å². The average molecular weight is 309 g/mol. The van der Waals surface area contributed by atoms with Gasteiger partial charge in [0.25, 0.3) is 0 Å². The zero-order valence-corrected chi connectivity index (χ0v) is 11.7. The number of anilines is 1. The summed E-state index contributed by atoms with van der Waals surface area (Å²) in [5.41, 5.74) is 4.86. The van der Waals surface area contributed by atoms with Gasteiger partial charge in [0.15, 0.2) is 0 Å². The summed E-state index contributed by atoms with van der Waals surface area (Å²) >= 11 is 0. The standard InChI is InChI=1S/C13H15F3N2O.ClH/c1-8-3-4-9(13(14,15)16)7-10(8)18-11(19)12(17)5-2-6-12;/h3-4,7H,2,5-6,17H2,1H3,(H,18,19);1H. The summed E-state index contributed by atoms with van der Waals surface area (Å²) in [6, 6.07) is 3.27. The van der Waals surface area contributed by atoms with Crippen molar-refractivity contribution in [3.63, 3.8) is 0 Å². The Morgan fingerprint density at radius 1 is 1.35 bits per heavy atom. The maximum absolute atomic E-state index is 12.6. The van der Waals surface area contributed by atoms with Gasteiger partial charge in [0.2, 0.25) is 5.91 Å². The van der Waals surface area contributed by atoms with Crippen LogP contribution in [0.1, 0.15) is 30.4 Å². The second-order valence-electron chi connectivity index (χ2n) is 4.99. The van der Waals surface area contributed by atoms with Crippen molar-refractivity contribution in [1.82, 2.24) is 0 Å². The van der Waals surface area contributed by atoms with Gasteiger partial charge in [-0.15, -0.1) is 12.4 Å². The number of amides is 1. The minimum absolute atomic E-state index is 0. The molecule has 1 aliphatic carbocycles. The Morgan fingerprint density at radius 3 is 2.40 bits per heavy atom. The van der Waals surface area contributed by atoms with Gasteiger partial charge in [-0.3, -0.25) is 4.79 Å². The summed E-state index contributed by atoms with van der Waals surface area (Å²) in [5.74, 6) is -0.416. The molecule has 20 heavy (non-hydrogen) atoms. The van der Waals surface area contributed by atoms with Crippen LogP contribution in [0.15, 0.2) is 18.2 Å². The number of rotatable bonds is 2. The Morgan fingerprint density at radius 2 is 1.95 bits per heavy atom. The van der Waals surface area contributed by atoms with Crippen LogP contribution in [0.3, 0.4) is 0 Å². The zero-order chi connectivity index (χ0) is 14.3. The first kappa shape index (κ1) is 16.8. The molecular weight excluding hydrogens is 293 g/mol. The second kappa shape index (κ2) is 5.61. The molecule has 3 nitrogen and oxygen atoms in total. The summed E-state index contributed by atoms with van der Waals surface area (Å²) in [4.78, 5) is 11.9. The number of aryl methyl sites for hydroxylation is 1. The molecule has 1 saturated carbocycles. The molecule has 0 aliphatic heterocycles. The first-order valence-electron chi connectivity index (χ1n) is 6.00. The number of nitrogens with two attached hydrogens (primary N) is 1. The lowest BCUT2D eigenvalue weighted by molar-refractivity contribution is -0.137. The predicted molar refractivity (Wildman–Crippen MR) is 72.8 cm³/mol. The van der Waals surface area contributed by atoms with Crippen molar-refractivity contribution >= 4 is 24.0 Å². The van der Waals surface area contributed by atoms with Crippen molar-refractivity contribution in [1.29, 1.82) is 0 Å². The van der Waals surface area contributed by atoms with E-state index >= 15 is 0 Å². The molecule has 0 radical (unpaired) electrons. The smallest absolute Gasteiger partial charge is 0.324 e. The van der Waals surface area contributed by atoms with Crippen LogP contribution in [0, 0.1) is 6.92 Å². The van der Waals surface area contributed by atoms with Crippen LogP contribution in [0.2, 0.25) is 0 Å². The molecule has 3 N–H and O–H groups in total. The maximum atomic E-state index is 12.6. The van der Waals surface area contributed by atoms with Crippen molar-refractivity contribution in [3.05, 3.63) is 29.3 Å². The average Bonchev–Trinajstić information content (AvgIpc) is 2.27. The summed E-state index contributed by atoms with van der Waals surface area (Å²) < 4.78 is 37.8. The topological polar surface area (TPSA) is 55.1 Å². The van der Waals surface area contributed by atoms with Gasteiger partial charge in [0, 0.05) is 5.69 Å². The first-order valence-corrected chi connectivity index (χ1v) is 6.00. The third kappa shape index (κ3) is 3.24. The van der Waals surface area contributed by atoms with E-state index in [1.807, 2.05) is 0 Å². The third-order valence-corrected chi connectivity index (χ3v) is 3.51. The van der Waals surface area contributed by atoms with E-state index in [9.17, 15) is 18.0 Å². The van der Waals surface area contributed by atoms with Crippen LogP contribution in [0.5, 0.6) is 0 Å². The summed E-state index contributed by atoms with van der Waals surface area (Å²) in [7, 11) is 0. The highest BCUT2D eigenvalue weighted by Crippen LogP contribution is 2.34. The molecule has 112 valence electrons. The predicted octanol–water partition coefficient (Wildman–Crippen LogP) is 3.26. The minimum atomic E-state index is -4.43. The Hall–Kier alpha value is -1.27. The molecule has 1 aromatic rings. The lowest BCUT2D eigenvalue weighted by Gasteiger charge is -2.36. The fourth-order valence-corrected chi connectivity index (χ4v) is 1.96. The highest BCUT2D eigenvalue weighted by atomic mass is 35.5. The van der Waals surface area contributed by atoms with Crippen molar-refractivity contribution in [2.75, 3.05) is 5.32 Å². The Balaban J connectivity index is 0.00000200. The van der Waals surface area contributed by atoms with Crippen molar-refractivity contribution in [3.8, 4) is 0 Å². The molecule has 1 aromatic carbocycles.